The van der Waals surface area contributed by atoms with Gasteiger partial charge in [-0.2, -0.15) is 0 Å². The lowest BCUT2D eigenvalue weighted by Crippen LogP contribution is -2.19. The van der Waals surface area contributed by atoms with E-state index in [4.69, 9.17) is 5.73 Å². The van der Waals surface area contributed by atoms with Crippen molar-refractivity contribution in [3.05, 3.63) is 36.0 Å². The third-order valence-electron chi connectivity index (χ3n) is 2.68. The lowest BCUT2D eigenvalue weighted by molar-refractivity contribution is 0.0957. The van der Waals surface area contributed by atoms with Gasteiger partial charge in [-0.3, -0.25) is 4.79 Å². The quantitative estimate of drug-likeness (QED) is 0.719. The second kappa shape index (κ2) is 5.66. The lowest BCUT2D eigenvalue weighted by atomic mass is 10.3. The van der Waals surface area contributed by atoms with Gasteiger partial charge < -0.3 is 11.1 Å². The Morgan fingerprint density at radius 3 is 2.86 bits per heavy atom. The second-order valence-corrected chi connectivity index (χ2v) is 6.44. The van der Waals surface area contributed by atoms with E-state index < -0.39 is 0 Å². The molecule has 0 atom stereocenters. The van der Waals surface area contributed by atoms with Gasteiger partial charge in [0.15, 0.2) is 10.0 Å². The van der Waals surface area contributed by atoms with Crippen molar-refractivity contribution in [3.8, 4) is 0 Å². The van der Waals surface area contributed by atoms with Gasteiger partial charge in [0.25, 0.3) is 5.91 Å². The van der Waals surface area contributed by atoms with Crippen LogP contribution in [-0.2, 0) is 0 Å². The van der Waals surface area contributed by atoms with Crippen LogP contribution < -0.4 is 11.1 Å². The fraction of sp³-hybridized carbons (Fsp3) is 0.0769. The number of hydrogen-bond acceptors (Lipinski definition) is 7. The normalized spacial score (nSPS) is 10.7. The molecule has 0 saturated heterocycles. The zero-order valence-electron chi connectivity index (χ0n) is 11.0. The number of thiazole rings is 1. The van der Waals surface area contributed by atoms with E-state index in [0.717, 1.165) is 20.2 Å². The predicted octanol–water partition coefficient (Wildman–Crippen LogP) is 2.18. The molecule has 0 aliphatic carbocycles. The highest BCUT2D eigenvalue weighted by Gasteiger charge is 2.09. The minimum absolute atomic E-state index is 0.255. The summed E-state index contributed by atoms with van der Waals surface area (Å²) in [7, 11) is 1.56. The van der Waals surface area contributed by atoms with E-state index in [-0.39, 0.29) is 5.91 Å². The van der Waals surface area contributed by atoms with E-state index in [1.807, 2.05) is 18.2 Å². The van der Waals surface area contributed by atoms with Crippen LogP contribution in [0.2, 0.25) is 0 Å². The Morgan fingerprint density at radius 1 is 1.29 bits per heavy atom. The molecule has 21 heavy (non-hydrogen) atoms. The lowest BCUT2D eigenvalue weighted by Gasteiger charge is -1.98. The van der Waals surface area contributed by atoms with Crippen LogP contribution in [0.15, 0.2) is 39.7 Å². The predicted molar refractivity (Wildman–Crippen MR) is 83.6 cm³/mol. The molecule has 3 aromatic rings. The van der Waals surface area contributed by atoms with Gasteiger partial charge in [0.1, 0.15) is 5.03 Å². The topological polar surface area (TPSA) is 93.8 Å². The maximum Gasteiger partial charge on any atom is 0.271 e. The zero-order chi connectivity index (χ0) is 14.8. The number of fused-ring (bicyclic) bond motifs is 1. The van der Waals surface area contributed by atoms with Crippen LogP contribution in [0, 0.1) is 0 Å². The van der Waals surface area contributed by atoms with Gasteiger partial charge in [0.05, 0.1) is 10.2 Å². The number of benzene rings is 1. The van der Waals surface area contributed by atoms with E-state index in [1.165, 1.54) is 11.8 Å². The SMILES string of the molecule is CNC(=O)c1ccc(Sc2nc3ccc(N)cc3s2)nn1. The van der Waals surface area contributed by atoms with Gasteiger partial charge in [0, 0.05) is 12.7 Å². The third-order valence-corrected chi connectivity index (χ3v) is 4.69. The van der Waals surface area contributed by atoms with E-state index in [0.29, 0.717) is 10.7 Å². The fourth-order valence-corrected chi connectivity index (χ4v) is 3.65. The molecule has 2 heterocycles. The smallest absolute Gasteiger partial charge is 0.271 e. The van der Waals surface area contributed by atoms with E-state index >= 15 is 0 Å². The number of amides is 1. The summed E-state index contributed by atoms with van der Waals surface area (Å²) in [5.74, 6) is -0.255. The van der Waals surface area contributed by atoms with Crippen LogP contribution in [0.1, 0.15) is 10.5 Å². The molecule has 6 nitrogen and oxygen atoms in total. The Hall–Kier alpha value is -2.19. The molecule has 0 aliphatic rings. The number of carbonyl (C=O) groups excluding carboxylic acids is 1. The molecule has 106 valence electrons. The third kappa shape index (κ3) is 2.96. The van der Waals surface area contributed by atoms with Crippen molar-refractivity contribution in [3.63, 3.8) is 0 Å². The summed E-state index contributed by atoms with van der Waals surface area (Å²) in [5.41, 5.74) is 7.68. The number of nitrogen functional groups attached to an aromatic ring is 1. The number of nitrogens with zero attached hydrogens (tertiary/aromatic N) is 3. The van der Waals surface area contributed by atoms with Gasteiger partial charge in [-0.05, 0) is 42.1 Å². The number of rotatable bonds is 3. The monoisotopic (exact) mass is 317 g/mol. The average molecular weight is 317 g/mol. The molecule has 0 radical (unpaired) electrons. The molecular formula is C13H11N5OS2. The number of aromatic nitrogens is 3. The van der Waals surface area contributed by atoms with Gasteiger partial charge in [-0.1, -0.05) is 0 Å². The summed E-state index contributed by atoms with van der Waals surface area (Å²) in [4.78, 5) is 15.9. The van der Waals surface area contributed by atoms with Crippen molar-refractivity contribution in [1.82, 2.24) is 20.5 Å². The van der Waals surface area contributed by atoms with Crippen LogP contribution >= 0.6 is 23.1 Å². The Kier molecular flexibility index (Phi) is 3.72. The van der Waals surface area contributed by atoms with Gasteiger partial charge >= 0.3 is 0 Å². The number of nitrogens with one attached hydrogen (secondary N) is 1. The first-order chi connectivity index (χ1) is 10.2. The minimum Gasteiger partial charge on any atom is -0.399 e. The summed E-state index contributed by atoms with van der Waals surface area (Å²) in [6.45, 7) is 0. The molecule has 0 unspecified atom stereocenters. The summed E-state index contributed by atoms with van der Waals surface area (Å²) >= 11 is 2.95. The van der Waals surface area contributed by atoms with Crippen molar-refractivity contribution >= 4 is 44.9 Å². The highest BCUT2D eigenvalue weighted by molar-refractivity contribution is 8.01. The molecule has 8 heteroatoms. The average Bonchev–Trinajstić information content (AvgIpc) is 2.88. The van der Waals surface area contributed by atoms with Crippen molar-refractivity contribution in [2.24, 2.45) is 0 Å². The zero-order valence-corrected chi connectivity index (χ0v) is 12.7. The van der Waals surface area contributed by atoms with Crippen molar-refractivity contribution in [2.75, 3.05) is 12.8 Å². The van der Waals surface area contributed by atoms with Gasteiger partial charge in [-0.15, -0.1) is 21.5 Å². The maximum absolute atomic E-state index is 11.4. The fourth-order valence-electron chi connectivity index (χ4n) is 1.68. The molecular weight excluding hydrogens is 306 g/mol. The number of anilines is 1. The molecule has 1 amide bonds. The van der Waals surface area contributed by atoms with E-state index in [2.05, 4.69) is 20.5 Å². The minimum atomic E-state index is -0.255. The van der Waals surface area contributed by atoms with Gasteiger partial charge in [-0.25, -0.2) is 4.98 Å². The largest absolute Gasteiger partial charge is 0.399 e. The molecule has 0 spiro atoms. The van der Waals surface area contributed by atoms with Crippen LogP contribution in [0.25, 0.3) is 10.2 Å². The molecule has 1 aromatic carbocycles. The van der Waals surface area contributed by atoms with Crippen molar-refractivity contribution < 1.29 is 4.79 Å². The maximum atomic E-state index is 11.4. The summed E-state index contributed by atoms with van der Waals surface area (Å²) in [5, 5.41) is 11.1. The summed E-state index contributed by atoms with van der Waals surface area (Å²) in [6.07, 6.45) is 0. The standard InChI is InChI=1S/C13H11N5OS2/c1-15-12(19)9-4-5-11(18-17-9)21-13-16-8-3-2-7(14)6-10(8)20-13/h2-6H,14H2,1H3,(H,15,19). The van der Waals surface area contributed by atoms with Crippen LogP contribution in [0.5, 0.6) is 0 Å². The highest BCUT2D eigenvalue weighted by Crippen LogP contribution is 2.33. The van der Waals surface area contributed by atoms with E-state index in [9.17, 15) is 4.79 Å². The number of carbonyl (C=O) groups is 1. The molecule has 2 aromatic heterocycles. The Balaban J connectivity index is 1.83. The summed E-state index contributed by atoms with van der Waals surface area (Å²) in [6, 6.07) is 9.01. The molecule has 3 rings (SSSR count). The summed E-state index contributed by atoms with van der Waals surface area (Å²) < 4.78 is 1.89. The van der Waals surface area contributed by atoms with Crippen LogP contribution in [0.3, 0.4) is 0 Å². The van der Waals surface area contributed by atoms with Gasteiger partial charge in [0.2, 0.25) is 0 Å². The second-order valence-electron chi connectivity index (χ2n) is 4.14. The molecule has 0 saturated carbocycles. The number of hydrogen-bond donors (Lipinski definition) is 2. The molecule has 0 fully saturated rings. The van der Waals surface area contributed by atoms with Crippen LogP contribution in [0.4, 0.5) is 5.69 Å². The first-order valence-electron chi connectivity index (χ1n) is 6.05. The highest BCUT2D eigenvalue weighted by atomic mass is 32.2. The first-order valence-corrected chi connectivity index (χ1v) is 7.69. The Labute approximate surface area is 128 Å². The molecule has 3 N–H and O–H groups in total. The Bertz CT molecular complexity index is 800. The molecule has 0 aliphatic heterocycles. The van der Waals surface area contributed by atoms with E-state index in [1.54, 1.807) is 30.5 Å². The molecule has 0 bridgehead atoms. The number of nitrogens with two attached hydrogens (primary N) is 1. The Morgan fingerprint density at radius 2 is 2.14 bits per heavy atom. The van der Waals surface area contributed by atoms with Crippen molar-refractivity contribution in [1.29, 1.82) is 0 Å². The first kappa shape index (κ1) is 13.8. The van der Waals surface area contributed by atoms with Crippen LogP contribution in [-0.4, -0.2) is 28.1 Å². The van der Waals surface area contributed by atoms with Crippen molar-refractivity contribution in [2.45, 2.75) is 9.37 Å².